The number of esters is 1. The summed E-state index contributed by atoms with van der Waals surface area (Å²) in [5.41, 5.74) is 0.792. The first-order valence-electron chi connectivity index (χ1n) is 9.47. The zero-order valence-electron chi connectivity index (χ0n) is 15.2. The predicted molar refractivity (Wildman–Crippen MR) is 99.0 cm³/mol. The molecule has 1 aliphatic carbocycles. The number of carbonyl (C=O) groups excluding carboxylic acids is 1. The first-order valence-corrected chi connectivity index (χ1v) is 9.47. The van der Waals surface area contributed by atoms with Crippen molar-refractivity contribution in [1.29, 1.82) is 0 Å². The summed E-state index contributed by atoms with van der Waals surface area (Å²) in [4.78, 5) is 34.0. The van der Waals surface area contributed by atoms with Gasteiger partial charge in [0.2, 0.25) is 0 Å². The molecule has 1 aromatic heterocycles. The fourth-order valence-electron chi connectivity index (χ4n) is 4.54. The van der Waals surface area contributed by atoms with Crippen LogP contribution in [0.15, 0.2) is 23.0 Å². The molecule has 1 saturated carbocycles. The van der Waals surface area contributed by atoms with Gasteiger partial charge in [0.15, 0.2) is 0 Å². The average molecular weight is 355 g/mol. The largest absolute Gasteiger partial charge is 0.465 e. The second-order valence-electron chi connectivity index (χ2n) is 7.56. The molecule has 0 radical (unpaired) electrons. The van der Waals surface area contributed by atoms with E-state index >= 15 is 0 Å². The van der Waals surface area contributed by atoms with Crippen LogP contribution in [0, 0.1) is 11.8 Å². The van der Waals surface area contributed by atoms with E-state index in [1.165, 1.54) is 39.2 Å². The molecule has 6 nitrogen and oxygen atoms in total. The lowest BCUT2D eigenvalue weighted by atomic mass is 9.75. The third-order valence-corrected chi connectivity index (χ3v) is 5.93. The lowest BCUT2D eigenvalue weighted by Crippen LogP contribution is -2.41. The number of benzene rings is 1. The first kappa shape index (κ1) is 17.2. The number of fused-ring (bicyclic) bond motifs is 2. The summed E-state index contributed by atoms with van der Waals surface area (Å²) in [6.45, 7) is 2.80. The normalized spacial score (nSPS) is 23.6. The Balaban J connectivity index is 1.56. The lowest BCUT2D eigenvalue weighted by molar-refractivity contribution is 0.0601. The van der Waals surface area contributed by atoms with Crippen molar-refractivity contribution < 1.29 is 9.53 Å². The Hall–Kier alpha value is -2.21. The van der Waals surface area contributed by atoms with Crippen molar-refractivity contribution in [3.05, 3.63) is 39.9 Å². The van der Waals surface area contributed by atoms with Crippen LogP contribution in [0.5, 0.6) is 0 Å². The van der Waals surface area contributed by atoms with E-state index < -0.39 is 5.97 Å². The molecule has 0 unspecified atom stereocenters. The number of rotatable bonds is 3. The molecule has 0 amide bonds. The van der Waals surface area contributed by atoms with E-state index in [1.807, 2.05) is 0 Å². The number of ether oxygens (including phenoxy) is 1. The molecule has 1 N–H and O–H groups in total. The number of H-pyrrole nitrogens is 1. The number of nitrogens with zero attached hydrogens (tertiary/aromatic N) is 2. The van der Waals surface area contributed by atoms with Crippen LogP contribution in [0.1, 0.15) is 48.3 Å². The van der Waals surface area contributed by atoms with Gasteiger partial charge < -0.3 is 9.72 Å². The van der Waals surface area contributed by atoms with Crippen molar-refractivity contribution in [2.45, 2.75) is 38.6 Å². The van der Waals surface area contributed by atoms with Crippen LogP contribution < -0.4 is 5.56 Å². The maximum Gasteiger partial charge on any atom is 0.337 e. The fourth-order valence-corrected chi connectivity index (χ4v) is 4.54. The number of nitrogens with one attached hydrogen (secondary N) is 1. The number of hydrogen-bond acceptors (Lipinski definition) is 5. The molecule has 2 fully saturated rings. The second-order valence-corrected chi connectivity index (χ2v) is 7.56. The van der Waals surface area contributed by atoms with Crippen molar-refractivity contribution in [3.63, 3.8) is 0 Å². The molecule has 0 spiro atoms. The van der Waals surface area contributed by atoms with Crippen molar-refractivity contribution in [3.8, 4) is 0 Å². The van der Waals surface area contributed by atoms with Gasteiger partial charge >= 0.3 is 5.97 Å². The molecule has 1 aliphatic heterocycles. The number of methoxy groups -OCH3 is 1. The van der Waals surface area contributed by atoms with Gasteiger partial charge in [-0.25, -0.2) is 9.78 Å². The summed E-state index contributed by atoms with van der Waals surface area (Å²) in [5, 5.41) is 0.493. The standard InChI is InChI=1S/C20H25N3O3/c1-26-20(25)14-6-7-16-17(10-14)21-18(22-19(16)24)12-23-9-8-13-4-2-3-5-15(13)11-23/h6-7,10,13,15H,2-5,8-9,11-12H2,1H3,(H,21,22,24)/t13-,15-/m1/s1. The zero-order chi connectivity index (χ0) is 18.1. The van der Waals surface area contributed by atoms with E-state index in [1.54, 1.807) is 18.2 Å². The summed E-state index contributed by atoms with van der Waals surface area (Å²) in [6, 6.07) is 4.86. The monoisotopic (exact) mass is 355 g/mol. The molecule has 2 heterocycles. The van der Waals surface area contributed by atoms with Gasteiger partial charge in [-0.05, 0) is 49.4 Å². The molecule has 2 aromatic rings. The number of aromatic nitrogens is 2. The Morgan fingerprint density at radius 1 is 1.27 bits per heavy atom. The van der Waals surface area contributed by atoms with Gasteiger partial charge in [0, 0.05) is 6.54 Å². The molecule has 2 atom stereocenters. The minimum absolute atomic E-state index is 0.158. The third-order valence-electron chi connectivity index (χ3n) is 5.93. The van der Waals surface area contributed by atoms with Crippen LogP contribution in [0.3, 0.4) is 0 Å². The molecule has 138 valence electrons. The van der Waals surface area contributed by atoms with Crippen molar-refractivity contribution >= 4 is 16.9 Å². The Bertz CT molecular complexity index is 876. The van der Waals surface area contributed by atoms with Crippen LogP contribution in [0.2, 0.25) is 0 Å². The van der Waals surface area contributed by atoms with E-state index in [0.29, 0.717) is 28.8 Å². The second kappa shape index (κ2) is 7.19. The highest BCUT2D eigenvalue weighted by atomic mass is 16.5. The molecule has 2 aliphatic rings. The first-order chi connectivity index (χ1) is 12.6. The van der Waals surface area contributed by atoms with Crippen LogP contribution in [0.25, 0.3) is 10.9 Å². The topological polar surface area (TPSA) is 75.3 Å². The number of hydrogen-bond donors (Lipinski definition) is 1. The Labute approximate surface area is 152 Å². The van der Waals surface area contributed by atoms with E-state index in [9.17, 15) is 9.59 Å². The lowest BCUT2D eigenvalue weighted by Gasteiger charge is -2.41. The van der Waals surface area contributed by atoms with Crippen LogP contribution >= 0.6 is 0 Å². The fraction of sp³-hybridized carbons (Fsp3) is 0.550. The highest BCUT2D eigenvalue weighted by molar-refractivity contribution is 5.93. The zero-order valence-corrected chi connectivity index (χ0v) is 15.2. The molecular weight excluding hydrogens is 330 g/mol. The van der Waals surface area contributed by atoms with Crippen LogP contribution in [0.4, 0.5) is 0 Å². The predicted octanol–water partition coefficient (Wildman–Crippen LogP) is 2.72. The molecule has 1 aromatic carbocycles. The number of carbonyl (C=O) groups is 1. The highest BCUT2D eigenvalue weighted by Gasteiger charge is 2.31. The van der Waals surface area contributed by atoms with Gasteiger partial charge in [-0.1, -0.05) is 19.3 Å². The Kier molecular flexibility index (Phi) is 4.76. The summed E-state index contributed by atoms with van der Waals surface area (Å²) in [6.07, 6.45) is 6.67. The Morgan fingerprint density at radius 3 is 2.88 bits per heavy atom. The van der Waals surface area contributed by atoms with E-state index in [0.717, 1.165) is 24.9 Å². The summed E-state index contributed by atoms with van der Waals surface area (Å²) in [7, 11) is 1.35. The van der Waals surface area contributed by atoms with E-state index in [-0.39, 0.29) is 5.56 Å². The van der Waals surface area contributed by atoms with Gasteiger partial charge in [0.25, 0.3) is 5.56 Å². The van der Waals surface area contributed by atoms with Crippen LogP contribution in [-0.4, -0.2) is 41.0 Å². The number of aromatic amines is 1. The summed E-state index contributed by atoms with van der Waals surface area (Å²) < 4.78 is 4.76. The van der Waals surface area contributed by atoms with Crippen molar-refractivity contribution in [1.82, 2.24) is 14.9 Å². The molecule has 1 saturated heterocycles. The maximum atomic E-state index is 12.4. The van der Waals surface area contributed by atoms with Gasteiger partial charge in [-0.15, -0.1) is 0 Å². The van der Waals surface area contributed by atoms with E-state index in [2.05, 4.69) is 14.9 Å². The minimum atomic E-state index is -0.421. The quantitative estimate of drug-likeness (QED) is 0.857. The molecule has 0 bridgehead atoms. The maximum absolute atomic E-state index is 12.4. The van der Waals surface area contributed by atoms with Gasteiger partial charge in [-0.3, -0.25) is 9.69 Å². The Morgan fingerprint density at radius 2 is 2.08 bits per heavy atom. The van der Waals surface area contributed by atoms with Crippen LogP contribution in [-0.2, 0) is 11.3 Å². The molecule has 6 heteroatoms. The smallest absolute Gasteiger partial charge is 0.337 e. The summed E-state index contributed by atoms with van der Waals surface area (Å²) in [5.74, 6) is 1.91. The van der Waals surface area contributed by atoms with Gasteiger partial charge in [0.1, 0.15) is 5.82 Å². The minimum Gasteiger partial charge on any atom is -0.465 e. The molecule has 4 rings (SSSR count). The summed E-state index contributed by atoms with van der Waals surface area (Å²) >= 11 is 0. The SMILES string of the molecule is COC(=O)c1ccc2c(=O)[nH]c(CN3CC[C@H]4CCCC[C@@H]4C3)nc2c1. The third kappa shape index (κ3) is 3.38. The van der Waals surface area contributed by atoms with Crippen molar-refractivity contribution in [2.24, 2.45) is 11.8 Å². The van der Waals surface area contributed by atoms with Gasteiger partial charge in [0.05, 0.1) is 30.1 Å². The molecular formula is C20H25N3O3. The van der Waals surface area contributed by atoms with E-state index in [4.69, 9.17) is 4.74 Å². The van der Waals surface area contributed by atoms with Gasteiger partial charge in [-0.2, -0.15) is 0 Å². The number of piperidine rings is 1. The molecule has 26 heavy (non-hydrogen) atoms. The highest BCUT2D eigenvalue weighted by Crippen LogP contribution is 2.36. The average Bonchev–Trinajstić information content (AvgIpc) is 2.67. The number of likely N-dealkylation sites (tertiary alicyclic amines) is 1. The van der Waals surface area contributed by atoms with Crippen molar-refractivity contribution in [2.75, 3.05) is 20.2 Å².